The van der Waals surface area contributed by atoms with Gasteiger partial charge >= 0.3 is 0 Å². The molecule has 0 saturated heterocycles. The van der Waals surface area contributed by atoms with Crippen LogP contribution in [0.5, 0.6) is 0 Å². The predicted molar refractivity (Wildman–Crippen MR) is 61.5 cm³/mol. The van der Waals surface area contributed by atoms with Gasteiger partial charge in [-0.3, -0.25) is 0 Å². The SMILES string of the molecule is NC1CCC(O)(Cc2ccc(F)c(F)c2)CC1. The highest BCUT2D eigenvalue weighted by atomic mass is 19.2. The molecular formula is C13H17F2NO. The quantitative estimate of drug-likeness (QED) is 0.833. The number of benzene rings is 1. The molecule has 3 N–H and O–H groups in total. The maximum atomic E-state index is 13.0. The number of nitrogens with two attached hydrogens (primary N) is 1. The van der Waals surface area contributed by atoms with Crippen LogP contribution in [-0.4, -0.2) is 16.7 Å². The van der Waals surface area contributed by atoms with E-state index in [0.717, 1.165) is 25.0 Å². The van der Waals surface area contributed by atoms with E-state index >= 15 is 0 Å². The number of hydrogen-bond acceptors (Lipinski definition) is 2. The van der Waals surface area contributed by atoms with Crippen LogP contribution in [0.3, 0.4) is 0 Å². The van der Waals surface area contributed by atoms with Crippen molar-refractivity contribution < 1.29 is 13.9 Å². The van der Waals surface area contributed by atoms with Crippen molar-refractivity contribution in [1.29, 1.82) is 0 Å². The molecule has 1 fully saturated rings. The van der Waals surface area contributed by atoms with E-state index in [1.54, 1.807) is 0 Å². The van der Waals surface area contributed by atoms with Crippen molar-refractivity contribution >= 4 is 0 Å². The Kier molecular flexibility index (Phi) is 3.45. The Hall–Kier alpha value is -1.00. The Morgan fingerprint density at radius 1 is 1.24 bits per heavy atom. The van der Waals surface area contributed by atoms with Crippen molar-refractivity contribution in [3.05, 3.63) is 35.4 Å². The molecule has 2 rings (SSSR count). The van der Waals surface area contributed by atoms with Crippen molar-refractivity contribution in [2.75, 3.05) is 0 Å². The standard InChI is InChI=1S/C13H17F2NO/c14-11-2-1-9(7-12(11)15)8-13(17)5-3-10(16)4-6-13/h1-2,7,10,17H,3-6,8,16H2. The Morgan fingerprint density at radius 3 is 2.47 bits per heavy atom. The first-order valence-electron chi connectivity index (χ1n) is 5.90. The smallest absolute Gasteiger partial charge is 0.159 e. The van der Waals surface area contributed by atoms with Gasteiger partial charge in [0.1, 0.15) is 0 Å². The highest BCUT2D eigenvalue weighted by Crippen LogP contribution is 2.31. The van der Waals surface area contributed by atoms with E-state index < -0.39 is 17.2 Å². The lowest BCUT2D eigenvalue weighted by Crippen LogP contribution is -2.40. The average molecular weight is 241 g/mol. The fraction of sp³-hybridized carbons (Fsp3) is 0.538. The first kappa shape index (κ1) is 12.5. The lowest BCUT2D eigenvalue weighted by Gasteiger charge is -2.34. The number of halogens is 2. The number of hydrogen-bond donors (Lipinski definition) is 2. The van der Waals surface area contributed by atoms with Gasteiger partial charge in [-0.2, -0.15) is 0 Å². The molecule has 1 saturated carbocycles. The second kappa shape index (κ2) is 4.70. The van der Waals surface area contributed by atoms with E-state index in [4.69, 9.17) is 5.73 Å². The van der Waals surface area contributed by atoms with E-state index in [9.17, 15) is 13.9 Å². The summed E-state index contributed by atoms with van der Waals surface area (Å²) in [5, 5.41) is 10.3. The minimum Gasteiger partial charge on any atom is -0.390 e. The monoisotopic (exact) mass is 241 g/mol. The molecule has 0 radical (unpaired) electrons. The largest absolute Gasteiger partial charge is 0.390 e. The molecule has 17 heavy (non-hydrogen) atoms. The first-order valence-corrected chi connectivity index (χ1v) is 5.90. The van der Waals surface area contributed by atoms with Gasteiger partial charge in [-0.1, -0.05) is 6.07 Å². The van der Waals surface area contributed by atoms with E-state index in [-0.39, 0.29) is 6.04 Å². The van der Waals surface area contributed by atoms with Gasteiger partial charge < -0.3 is 10.8 Å². The summed E-state index contributed by atoms with van der Waals surface area (Å²) in [6, 6.07) is 3.93. The molecule has 4 heteroatoms. The van der Waals surface area contributed by atoms with E-state index in [1.807, 2.05) is 0 Å². The molecule has 0 bridgehead atoms. The van der Waals surface area contributed by atoms with Crippen molar-refractivity contribution in [3.8, 4) is 0 Å². The highest BCUT2D eigenvalue weighted by Gasteiger charge is 2.32. The summed E-state index contributed by atoms with van der Waals surface area (Å²) in [5.41, 5.74) is 5.58. The Labute approximate surface area is 99.4 Å². The molecule has 0 unspecified atom stereocenters. The topological polar surface area (TPSA) is 46.2 Å². The predicted octanol–water partition coefficient (Wildman–Crippen LogP) is 2.14. The van der Waals surface area contributed by atoms with E-state index in [1.165, 1.54) is 6.07 Å². The second-order valence-electron chi connectivity index (χ2n) is 4.99. The van der Waals surface area contributed by atoms with E-state index in [0.29, 0.717) is 24.8 Å². The van der Waals surface area contributed by atoms with Crippen LogP contribution in [0, 0.1) is 11.6 Å². The molecule has 0 aromatic heterocycles. The third-order valence-corrected chi connectivity index (χ3v) is 3.48. The fourth-order valence-electron chi connectivity index (χ4n) is 2.38. The zero-order valence-electron chi connectivity index (χ0n) is 9.63. The third kappa shape index (κ3) is 3.01. The average Bonchev–Trinajstić information content (AvgIpc) is 2.28. The number of rotatable bonds is 2. The first-order chi connectivity index (χ1) is 7.98. The second-order valence-corrected chi connectivity index (χ2v) is 4.99. The molecular weight excluding hydrogens is 224 g/mol. The lowest BCUT2D eigenvalue weighted by molar-refractivity contribution is 0.000151. The van der Waals surface area contributed by atoms with Crippen molar-refractivity contribution in [2.24, 2.45) is 5.73 Å². The molecule has 2 nitrogen and oxygen atoms in total. The summed E-state index contributed by atoms with van der Waals surface area (Å²) in [4.78, 5) is 0. The summed E-state index contributed by atoms with van der Waals surface area (Å²) in [6.45, 7) is 0. The van der Waals surface area contributed by atoms with Gasteiger partial charge in [-0.05, 0) is 43.4 Å². The molecule has 1 aliphatic carbocycles. The molecule has 0 heterocycles. The summed E-state index contributed by atoms with van der Waals surface area (Å²) < 4.78 is 25.8. The fourth-order valence-corrected chi connectivity index (χ4v) is 2.38. The maximum absolute atomic E-state index is 13.0. The van der Waals surface area contributed by atoms with Gasteiger partial charge in [-0.15, -0.1) is 0 Å². The van der Waals surface area contributed by atoms with Gasteiger partial charge in [0.25, 0.3) is 0 Å². The van der Waals surface area contributed by atoms with E-state index in [2.05, 4.69) is 0 Å². The van der Waals surface area contributed by atoms with Crippen LogP contribution >= 0.6 is 0 Å². The van der Waals surface area contributed by atoms with Crippen LogP contribution in [0.25, 0.3) is 0 Å². The molecule has 0 spiro atoms. The Bertz CT molecular complexity index is 400. The molecule has 1 aromatic rings. The van der Waals surface area contributed by atoms with Gasteiger partial charge in [0, 0.05) is 12.5 Å². The van der Waals surface area contributed by atoms with Crippen molar-refractivity contribution in [3.63, 3.8) is 0 Å². The molecule has 1 aromatic carbocycles. The Morgan fingerprint density at radius 2 is 1.88 bits per heavy atom. The van der Waals surface area contributed by atoms with Crippen LogP contribution in [-0.2, 0) is 6.42 Å². The van der Waals surface area contributed by atoms with Crippen LogP contribution in [0.1, 0.15) is 31.2 Å². The molecule has 0 atom stereocenters. The van der Waals surface area contributed by atoms with Crippen LogP contribution < -0.4 is 5.73 Å². The normalized spacial score (nSPS) is 29.3. The zero-order valence-corrected chi connectivity index (χ0v) is 9.63. The summed E-state index contributed by atoms with van der Waals surface area (Å²) >= 11 is 0. The molecule has 0 amide bonds. The zero-order chi connectivity index (χ0) is 12.5. The minimum atomic E-state index is -0.862. The van der Waals surface area contributed by atoms with Crippen LogP contribution in [0.4, 0.5) is 8.78 Å². The molecule has 1 aliphatic rings. The Balaban J connectivity index is 2.07. The lowest BCUT2D eigenvalue weighted by atomic mass is 9.79. The van der Waals surface area contributed by atoms with Gasteiger partial charge in [0.2, 0.25) is 0 Å². The summed E-state index contributed by atoms with van der Waals surface area (Å²) in [6.07, 6.45) is 3.15. The molecule has 0 aliphatic heterocycles. The summed E-state index contributed by atoms with van der Waals surface area (Å²) in [7, 11) is 0. The minimum absolute atomic E-state index is 0.153. The van der Waals surface area contributed by atoms with Crippen molar-refractivity contribution in [1.82, 2.24) is 0 Å². The third-order valence-electron chi connectivity index (χ3n) is 3.48. The van der Waals surface area contributed by atoms with Gasteiger partial charge in [-0.25, -0.2) is 8.78 Å². The molecule has 94 valence electrons. The van der Waals surface area contributed by atoms with Crippen LogP contribution in [0.15, 0.2) is 18.2 Å². The van der Waals surface area contributed by atoms with Gasteiger partial charge in [0.15, 0.2) is 11.6 Å². The highest BCUT2D eigenvalue weighted by molar-refractivity contribution is 5.20. The van der Waals surface area contributed by atoms with Crippen LogP contribution in [0.2, 0.25) is 0 Å². The van der Waals surface area contributed by atoms with Crippen molar-refractivity contribution in [2.45, 2.75) is 43.7 Å². The maximum Gasteiger partial charge on any atom is 0.159 e. The van der Waals surface area contributed by atoms with Gasteiger partial charge in [0.05, 0.1) is 5.60 Å². The summed E-state index contributed by atoms with van der Waals surface area (Å²) in [5.74, 6) is -1.72. The number of aliphatic hydroxyl groups is 1.